The van der Waals surface area contributed by atoms with Gasteiger partial charge in [0, 0.05) is 25.8 Å². The van der Waals surface area contributed by atoms with E-state index in [1.54, 1.807) is 19.1 Å². The van der Waals surface area contributed by atoms with Gasteiger partial charge in [-0.15, -0.1) is 0 Å². The normalized spacial score (nSPS) is 11.6. The fourth-order valence-electron chi connectivity index (χ4n) is 1.63. The van der Waals surface area contributed by atoms with E-state index in [2.05, 4.69) is 10.3 Å². The molecule has 0 unspecified atom stereocenters. The number of sulfonamides is 1. The Morgan fingerprint density at radius 1 is 1.45 bits per heavy atom. The molecule has 6 nitrogen and oxygen atoms in total. The molecule has 1 aromatic heterocycles. The average Bonchev–Trinajstić information content (AvgIpc) is 2.37. The summed E-state index contributed by atoms with van der Waals surface area (Å²) in [6.45, 7) is 2.98. The third kappa shape index (κ3) is 5.44. The molecule has 8 heteroatoms. The number of nitrogens with one attached hydrogen (secondary N) is 1. The molecule has 1 N–H and O–H groups in total. The first kappa shape index (κ1) is 16.9. The highest BCUT2D eigenvalue weighted by atomic mass is 35.5. The van der Waals surface area contributed by atoms with Crippen LogP contribution in [0.5, 0.6) is 0 Å². The SMILES string of the molecule is CCN(CCCNC(=O)c1ccc(Cl)nc1)S(C)(=O)=O. The molecule has 1 rings (SSSR count). The number of halogens is 1. The van der Waals surface area contributed by atoms with Crippen molar-refractivity contribution in [3.05, 3.63) is 29.0 Å². The second kappa shape index (κ2) is 7.56. The molecule has 0 spiro atoms. The van der Waals surface area contributed by atoms with Crippen molar-refractivity contribution in [2.45, 2.75) is 13.3 Å². The van der Waals surface area contributed by atoms with Crippen LogP contribution in [0.2, 0.25) is 5.15 Å². The van der Waals surface area contributed by atoms with Crippen molar-refractivity contribution in [1.82, 2.24) is 14.6 Å². The molecule has 0 bridgehead atoms. The van der Waals surface area contributed by atoms with Gasteiger partial charge in [0.1, 0.15) is 5.15 Å². The second-order valence-corrected chi connectivity index (χ2v) is 6.60. The summed E-state index contributed by atoms with van der Waals surface area (Å²) in [5.41, 5.74) is 0.421. The van der Waals surface area contributed by atoms with Crippen molar-refractivity contribution in [2.24, 2.45) is 0 Å². The van der Waals surface area contributed by atoms with Gasteiger partial charge in [-0.3, -0.25) is 4.79 Å². The highest BCUT2D eigenvalue weighted by molar-refractivity contribution is 7.88. The topological polar surface area (TPSA) is 79.4 Å². The monoisotopic (exact) mass is 319 g/mol. The van der Waals surface area contributed by atoms with E-state index in [9.17, 15) is 13.2 Å². The van der Waals surface area contributed by atoms with Gasteiger partial charge < -0.3 is 5.32 Å². The van der Waals surface area contributed by atoms with Gasteiger partial charge in [-0.25, -0.2) is 17.7 Å². The van der Waals surface area contributed by atoms with Crippen LogP contribution in [0.4, 0.5) is 0 Å². The van der Waals surface area contributed by atoms with Crippen LogP contribution in [-0.2, 0) is 10.0 Å². The van der Waals surface area contributed by atoms with Gasteiger partial charge in [-0.1, -0.05) is 18.5 Å². The number of carbonyl (C=O) groups excluding carboxylic acids is 1. The Morgan fingerprint density at radius 3 is 2.65 bits per heavy atom. The quantitative estimate of drug-likeness (QED) is 0.603. The van der Waals surface area contributed by atoms with Crippen molar-refractivity contribution in [3.8, 4) is 0 Å². The van der Waals surface area contributed by atoms with E-state index < -0.39 is 10.0 Å². The van der Waals surface area contributed by atoms with E-state index in [0.29, 0.717) is 36.8 Å². The van der Waals surface area contributed by atoms with Crippen LogP contribution >= 0.6 is 11.6 Å². The predicted octanol–water partition coefficient (Wildman–Crippen LogP) is 1.14. The van der Waals surface area contributed by atoms with Crippen LogP contribution in [0.3, 0.4) is 0 Å². The molecular weight excluding hydrogens is 302 g/mol. The summed E-state index contributed by atoms with van der Waals surface area (Å²) in [5, 5.41) is 3.03. The third-order valence-corrected chi connectivity index (χ3v) is 4.28. The molecule has 0 aromatic carbocycles. The third-order valence-electron chi connectivity index (χ3n) is 2.68. The largest absolute Gasteiger partial charge is 0.352 e. The zero-order chi connectivity index (χ0) is 15.2. The first-order valence-corrected chi connectivity index (χ1v) is 8.42. The maximum Gasteiger partial charge on any atom is 0.252 e. The van der Waals surface area contributed by atoms with E-state index in [0.717, 1.165) is 0 Å². The first-order valence-electron chi connectivity index (χ1n) is 6.19. The van der Waals surface area contributed by atoms with Gasteiger partial charge in [-0.2, -0.15) is 0 Å². The first-order chi connectivity index (χ1) is 9.34. The Labute approximate surface area is 124 Å². The van der Waals surface area contributed by atoms with E-state index in [1.165, 1.54) is 16.8 Å². The zero-order valence-corrected chi connectivity index (χ0v) is 13.0. The van der Waals surface area contributed by atoms with E-state index in [4.69, 9.17) is 11.6 Å². The van der Waals surface area contributed by atoms with Crippen molar-refractivity contribution >= 4 is 27.5 Å². The molecule has 1 amide bonds. The number of rotatable bonds is 7. The number of aromatic nitrogens is 1. The number of nitrogens with zero attached hydrogens (tertiary/aromatic N) is 2. The Balaban J connectivity index is 2.37. The molecule has 1 aromatic rings. The highest BCUT2D eigenvalue weighted by Gasteiger charge is 2.13. The van der Waals surface area contributed by atoms with Gasteiger partial charge in [-0.05, 0) is 18.6 Å². The molecule has 0 radical (unpaired) electrons. The molecule has 112 valence electrons. The molecule has 0 aliphatic rings. The van der Waals surface area contributed by atoms with Crippen LogP contribution in [0.15, 0.2) is 18.3 Å². The Bertz CT molecular complexity index is 546. The summed E-state index contributed by atoms with van der Waals surface area (Å²) >= 11 is 5.63. The Kier molecular flexibility index (Phi) is 6.38. The molecule has 0 saturated carbocycles. The van der Waals surface area contributed by atoms with Crippen molar-refractivity contribution in [3.63, 3.8) is 0 Å². The molecule has 0 fully saturated rings. The van der Waals surface area contributed by atoms with Gasteiger partial charge in [0.25, 0.3) is 5.91 Å². The van der Waals surface area contributed by atoms with Gasteiger partial charge in [0.05, 0.1) is 11.8 Å². The minimum atomic E-state index is -3.18. The van der Waals surface area contributed by atoms with Gasteiger partial charge >= 0.3 is 0 Å². The smallest absolute Gasteiger partial charge is 0.252 e. The molecule has 0 atom stereocenters. The summed E-state index contributed by atoms with van der Waals surface area (Å²) in [7, 11) is -3.18. The molecule has 0 saturated heterocycles. The second-order valence-electron chi connectivity index (χ2n) is 4.23. The standard InChI is InChI=1S/C12H18ClN3O3S/c1-3-16(20(2,18)19)8-4-7-14-12(17)10-5-6-11(13)15-9-10/h5-6,9H,3-4,7-8H2,1-2H3,(H,14,17). The fraction of sp³-hybridized carbons (Fsp3) is 0.500. The van der Waals surface area contributed by atoms with Crippen molar-refractivity contribution in [2.75, 3.05) is 25.9 Å². The van der Waals surface area contributed by atoms with E-state index in [-0.39, 0.29) is 5.91 Å². The number of hydrogen-bond donors (Lipinski definition) is 1. The fourth-order valence-corrected chi connectivity index (χ4v) is 2.67. The highest BCUT2D eigenvalue weighted by Crippen LogP contribution is 2.05. The van der Waals surface area contributed by atoms with Gasteiger partial charge in [0.2, 0.25) is 10.0 Å². The number of carbonyl (C=O) groups is 1. The van der Waals surface area contributed by atoms with E-state index >= 15 is 0 Å². The lowest BCUT2D eigenvalue weighted by Crippen LogP contribution is -2.33. The lowest BCUT2D eigenvalue weighted by molar-refractivity contribution is 0.0952. The summed E-state index contributed by atoms with van der Waals surface area (Å²) in [5.74, 6) is -0.253. The van der Waals surface area contributed by atoms with Crippen LogP contribution in [0.25, 0.3) is 0 Å². The van der Waals surface area contributed by atoms with E-state index in [1.807, 2.05) is 0 Å². The average molecular weight is 320 g/mol. The lowest BCUT2D eigenvalue weighted by atomic mass is 10.2. The number of pyridine rings is 1. The predicted molar refractivity (Wildman–Crippen MR) is 78.3 cm³/mol. The maximum atomic E-state index is 11.7. The Hall–Kier alpha value is -1.18. The van der Waals surface area contributed by atoms with Crippen LogP contribution in [0.1, 0.15) is 23.7 Å². The minimum Gasteiger partial charge on any atom is -0.352 e. The van der Waals surface area contributed by atoms with Crippen molar-refractivity contribution in [1.29, 1.82) is 0 Å². The molecule has 1 heterocycles. The van der Waals surface area contributed by atoms with Gasteiger partial charge in [0.15, 0.2) is 0 Å². The van der Waals surface area contributed by atoms with Crippen LogP contribution in [0, 0.1) is 0 Å². The molecular formula is C12H18ClN3O3S. The summed E-state index contributed by atoms with van der Waals surface area (Å²) in [6, 6.07) is 3.12. The summed E-state index contributed by atoms with van der Waals surface area (Å²) < 4.78 is 24.1. The molecule has 20 heavy (non-hydrogen) atoms. The summed E-state index contributed by atoms with van der Waals surface area (Å²) in [6.07, 6.45) is 3.12. The minimum absolute atomic E-state index is 0.253. The zero-order valence-electron chi connectivity index (χ0n) is 11.5. The summed E-state index contributed by atoms with van der Waals surface area (Å²) in [4.78, 5) is 15.6. The lowest BCUT2D eigenvalue weighted by Gasteiger charge is -2.17. The molecule has 0 aliphatic carbocycles. The maximum absolute atomic E-state index is 11.7. The van der Waals surface area contributed by atoms with Crippen LogP contribution < -0.4 is 5.32 Å². The Morgan fingerprint density at radius 2 is 2.15 bits per heavy atom. The number of amides is 1. The molecule has 0 aliphatic heterocycles. The van der Waals surface area contributed by atoms with Crippen molar-refractivity contribution < 1.29 is 13.2 Å². The van der Waals surface area contributed by atoms with Crippen LogP contribution in [-0.4, -0.2) is 49.5 Å². The number of hydrogen-bond acceptors (Lipinski definition) is 4.